The van der Waals surface area contributed by atoms with E-state index in [1.807, 2.05) is 45.0 Å². The third-order valence-corrected chi connectivity index (χ3v) is 3.60. The van der Waals surface area contributed by atoms with Crippen LogP contribution in [-0.4, -0.2) is 21.2 Å². The third kappa shape index (κ3) is 2.53. The van der Waals surface area contributed by atoms with Crippen molar-refractivity contribution in [3.63, 3.8) is 0 Å². The van der Waals surface area contributed by atoms with E-state index >= 15 is 0 Å². The van der Waals surface area contributed by atoms with Crippen molar-refractivity contribution >= 4 is 43.8 Å². The highest BCUT2D eigenvalue weighted by Gasteiger charge is 2.22. The monoisotopic (exact) mass is 346 g/mol. The van der Waals surface area contributed by atoms with Gasteiger partial charge in [0.1, 0.15) is 5.60 Å². The first kappa shape index (κ1) is 14.1. The molecule has 0 atom stereocenters. The number of aromatic nitrogens is 2. The molecule has 0 radical (unpaired) electrons. The molecule has 0 aliphatic rings. The highest BCUT2D eigenvalue weighted by atomic mass is 79.9. The van der Waals surface area contributed by atoms with Crippen LogP contribution in [0.15, 0.2) is 41.1 Å². The fraction of sp³-hybridized carbons (Fsp3) is 0.250. The average molecular weight is 347 g/mol. The Morgan fingerprint density at radius 1 is 1.19 bits per heavy atom. The summed E-state index contributed by atoms with van der Waals surface area (Å²) in [5.74, 6) is 0. The fourth-order valence-electron chi connectivity index (χ4n) is 2.34. The molecule has 2 aromatic heterocycles. The number of benzene rings is 1. The molecule has 0 N–H and O–H groups in total. The highest BCUT2D eigenvalue weighted by molar-refractivity contribution is 9.10. The van der Waals surface area contributed by atoms with Gasteiger partial charge < -0.3 is 4.74 Å². The van der Waals surface area contributed by atoms with Crippen LogP contribution in [0.3, 0.4) is 0 Å². The zero-order valence-corrected chi connectivity index (χ0v) is 13.6. The summed E-state index contributed by atoms with van der Waals surface area (Å²) in [7, 11) is 0. The van der Waals surface area contributed by atoms with Gasteiger partial charge in [0.05, 0.1) is 11.0 Å². The molecule has 0 fully saturated rings. The lowest BCUT2D eigenvalue weighted by molar-refractivity contribution is 0.0551. The molecule has 0 saturated heterocycles. The van der Waals surface area contributed by atoms with E-state index in [9.17, 15) is 4.79 Å². The largest absolute Gasteiger partial charge is 0.443 e. The van der Waals surface area contributed by atoms with E-state index in [0.29, 0.717) is 0 Å². The Bertz CT molecular complexity index is 846. The topological polar surface area (TPSA) is 44.1 Å². The maximum absolute atomic E-state index is 12.6. The van der Waals surface area contributed by atoms with E-state index in [0.717, 1.165) is 26.3 Å². The summed E-state index contributed by atoms with van der Waals surface area (Å²) in [6.07, 6.45) is 3.07. The van der Waals surface area contributed by atoms with Gasteiger partial charge in [-0.2, -0.15) is 0 Å². The molecule has 0 amide bonds. The van der Waals surface area contributed by atoms with Crippen LogP contribution in [-0.2, 0) is 4.74 Å². The van der Waals surface area contributed by atoms with Gasteiger partial charge in [0.25, 0.3) is 0 Å². The van der Waals surface area contributed by atoms with E-state index in [2.05, 4.69) is 20.9 Å². The Kier molecular flexibility index (Phi) is 3.24. The van der Waals surface area contributed by atoms with Crippen molar-refractivity contribution in [2.24, 2.45) is 0 Å². The zero-order chi connectivity index (χ0) is 15.2. The lowest BCUT2D eigenvalue weighted by Crippen LogP contribution is -2.27. The van der Waals surface area contributed by atoms with Crippen LogP contribution in [0.25, 0.3) is 21.8 Å². The highest BCUT2D eigenvalue weighted by Crippen LogP contribution is 2.31. The van der Waals surface area contributed by atoms with Crippen LogP contribution >= 0.6 is 15.9 Å². The maximum atomic E-state index is 12.6. The summed E-state index contributed by atoms with van der Waals surface area (Å²) in [4.78, 5) is 16.7. The predicted molar refractivity (Wildman–Crippen MR) is 86.6 cm³/mol. The molecule has 3 aromatic rings. The first-order valence-corrected chi connectivity index (χ1v) is 7.43. The van der Waals surface area contributed by atoms with Crippen molar-refractivity contribution in [2.45, 2.75) is 26.4 Å². The second-order valence-corrected chi connectivity index (χ2v) is 6.79. The van der Waals surface area contributed by atoms with Crippen molar-refractivity contribution in [3.05, 3.63) is 41.1 Å². The van der Waals surface area contributed by atoms with Gasteiger partial charge in [0.2, 0.25) is 0 Å². The number of rotatable bonds is 0. The number of nitrogens with zero attached hydrogens (tertiary/aromatic N) is 2. The van der Waals surface area contributed by atoms with Crippen LogP contribution in [0.5, 0.6) is 0 Å². The Morgan fingerprint density at radius 3 is 2.67 bits per heavy atom. The molecule has 5 heteroatoms. The van der Waals surface area contributed by atoms with E-state index in [-0.39, 0.29) is 6.09 Å². The molecule has 0 aliphatic heterocycles. The van der Waals surface area contributed by atoms with Crippen molar-refractivity contribution in [1.82, 2.24) is 9.55 Å². The Hall–Kier alpha value is -1.88. The number of ether oxygens (including phenoxy) is 1. The van der Waals surface area contributed by atoms with Gasteiger partial charge >= 0.3 is 6.09 Å². The lowest BCUT2D eigenvalue weighted by atomic mass is 10.2. The molecule has 0 aliphatic carbocycles. The quantitative estimate of drug-likeness (QED) is 0.590. The van der Waals surface area contributed by atoms with Gasteiger partial charge in [0, 0.05) is 27.6 Å². The molecule has 21 heavy (non-hydrogen) atoms. The SMILES string of the molecule is CC(C)(C)OC(=O)n1c2ccncc2c2ccc(Br)cc21. The first-order chi connectivity index (χ1) is 9.87. The molecule has 3 rings (SSSR count). The van der Waals surface area contributed by atoms with E-state index < -0.39 is 5.60 Å². The number of halogens is 1. The molecule has 2 heterocycles. The first-order valence-electron chi connectivity index (χ1n) is 6.64. The van der Waals surface area contributed by atoms with E-state index in [4.69, 9.17) is 4.74 Å². The average Bonchev–Trinajstić information content (AvgIpc) is 2.70. The Labute approximate surface area is 130 Å². The number of pyridine rings is 1. The molecule has 0 spiro atoms. The third-order valence-electron chi connectivity index (χ3n) is 3.11. The predicted octanol–water partition coefficient (Wildman–Crippen LogP) is 4.74. The molecular formula is C16H15BrN2O2. The van der Waals surface area contributed by atoms with Crippen LogP contribution in [0.1, 0.15) is 20.8 Å². The molecule has 0 saturated carbocycles. The van der Waals surface area contributed by atoms with E-state index in [1.165, 1.54) is 0 Å². The number of carbonyl (C=O) groups is 1. The van der Waals surface area contributed by atoms with Crippen molar-refractivity contribution in [2.75, 3.05) is 0 Å². The number of fused-ring (bicyclic) bond motifs is 3. The summed E-state index contributed by atoms with van der Waals surface area (Å²) < 4.78 is 8.04. The summed E-state index contributed by atoms with van der Waals surface area (Å²) in [6, 6.07) is 7.67. The smallest absolute Gasteiger partial charge is 0.419 e. The second-order valence-electron chi connectivity index (χ2n) is 5.87. The van der Waals surface area contributed by atoms with Crippen LogP contribution in [0.2, 0.25) is 0 Å². The Balaban J connectivity index is 2.32. The normalized spacial score (nSPS) is 12.0. The van der Waals surface area contributed by atoms with Crippen molar-refractivity contribution < 1.29 is 9.53 Å². The van der Waals surface area contributed by atoms with Gasteiger partial charge in [-0.05, 0) is 39.0 Å². The minimum atomic E-state index is -0.543. The van der Waals surface area contributed by atoms with Gasteiger partial charge in [-0.3, -0.25) is 4.98 Å². The van der Waals surface area contributed by atoms with Crippen LogP contribution < -0.4 is 0 Å². The zero-order valence-electron chi connectivity index (χ0n) is 12.1. The number of hydrogen-bond acceptors (Lipinski definition) is 3. The molecule has 0 bridgehead atoms. The summed E-state index contributed by atoms with van der Waals surface area (Å²) in [5.41, 5.74) is 1.06. The molecule has 0 unspecified atom stereocenters. The van der Waals surface area contributed by atoms with Gasteiger partial charge in [-0.1, -0.05) is 22.0 Å². The van der Waals surface area contributed by atoms with Crippen molar-refractivity contribution in [1.29, 1.82) is 0 Å². The van der Waals surface area contributed by atoms with Crippen LogP contribution in [0, 0.1) is 0 Å². The summed E-state index contributed by atoms with van der Waals surface area (Å²) >= 11 is 3.45. The summed E-state index contributed by atoms with van der Waals surface area (Å²) in [6.45, 7) is 5.57. The fourth-order valence-corrected chi connectivity index (χ4v) is 2.69. The minimum Gasteiger partial charge on any atom is -0.443 e. The second kappa shape index (κ2) is 4.84. The lowest BCUT2D eigenvalue weighted by Gasteiger charge is -2.20. The van der Waals surface area contributed by atoms with E-state index in [1.54, 1.807) is 17.0 Å². The Morgan fingerprint density at radius 2 is 1.95 bits per heavy atom. The number of hydrogen-bond donors (Lipinski definition) is 0. The van der Waals surface area contributed by atoms with Gasteiger partial charge in [-0.15, -0.1) is 0 Å². The number of carbonyl (C=O) groups excluding carboxylic acids is 1. The molecule has 108 valence electrons. The summed E-state index contributed by atoms with van der Waals surface area (Å²) in [5, 5.41) is 1.91. The maximum Gasteiger partial charge on any atom is 0.419 e. The van der Waals surface area contributed by atoms with Crippen LogP contribution in [0.4, 0.5) is 4.79 Å². The molecule has 4 nitrogen and oxygen atoms in total. The van der Waals surface area contributed by atoms with Crippen molar-refractivity contribution in [3.8, 4) is 0 Å². The minimum absolute atomic E-state index is 0.383. The molecule has 1 aromatic carbocycles. The molecular weight excluding hydrogens is 332 g/mol. The standard InChI is InChI=1S/C16H15BrN2O2/c1-16(2,3)21-15(20)19-13-6-7-18-9-12(13)11-5-4-10(17)8-14(11)19/h4-9H,1-3H3. The van der Waals surface area contributed by atoms with Gasteiger partial charge in [-0.25, -0.2) is 9.36 Å². The van der Waals surface area contributed by atoms with Gasteiger partial charge in [0.15, 0.2) is 0 Å².